The van der Waals surface area contributed by atoms with E-state index in [0.717, 1.165) is 6.07 Å². The van der Waals surface area contributed by atoms with Crippen LogP contribution in [0.4, 0.5) is 4.39 Å². The molecule has 1 heterocycles. The van der Waals surface area contributed by atoms with Gasteiger partial charge in [0.25, 0.3) is 0 Å². The number of nitrogens with zero attached hydrogens (tertiary/aromatic N) is 1. The third kappa shape index (κ3) is 3.20. The Morgan fingerprint density at radius 2 is 2.05 bits per heavy atom. The molecule has 2 N–H and O–H groups in total. The molecule has 106 valence electrons. The summed E-state index contributed by atoms with van der Waals surface area (Å²) < 4.78 is 37.7. The fourth-order valence-electron chi connectivity index (χ4n) is 1.82. The van der Waals surface area contributed by atoms with Crippen LogP contribution in [0.15, 0.2) is 47.5 Å². The van der Waals surface area contributed by atoms with Crippen molar-refractivity contribution in [3.63, 3.8) is 0 Å². The number of pyridine rings is 1. The van der Waals surface area contributed by atoms with Crippen LogP contribution < -0.4 is 5.73 Å². The summed E-state index contributed by atoms with van der Waals surface area (Å²) in [5, 5.41) is 0. The third-order valence-corrected chi connectivity index (χ3v) is 4.73. The summed E-state index contributed by atoms with van der Waals surface area (Å²) in [4.78, 5) is 4.11. The van der Waals surface area contributed by atoms with E-state index in [0.29, 0.717) is 5.69 Å². The highest BCUT2D eigenvalue weighted by molar-refractivity contribution is 7.91. The minimum atomic E-state index is -3.58. The van der Waals surface area contributed by atoms with Crippen molar-refractivity contribution in [3.05, 3.63) is 59.7 Å². The molecule has 0 fully saturated rings. The van der Waals surface area contributed by atoms with Gasteiger partial charge in [0.05, 0.1) is 22.4 Å². The summed E-state index contributed by atoms with van der Waals surface area (Å²) in [6, 6.07) is 8.15. The molecule has 0 spiro atoms. The van der Waals surface area contributed by atoms with Crippen LogP contribution in [0.3, 0.4) is 0 Å². The molecule has 0 saturated carbocycles. The van der Waals surface area contributed by atoms with E-state index < -0.39 is 21.7 Å². The van der Waals surface area contributed by atoms with Gasteiger partial charge >= 0.3 is 0 Å². The van der Waals surface area contributed by atoms with Gasteiger partial charge in [-0.3, -0.25) is 4.98 Å². The van der Waals surface area contributed by atoms with E-state index in [1.165, 1.54) is 19.1 Å². The molecule has 0 bridgehead atoms. The van der Waals surface area contributed by atoms with Crippen LogP contribution >= 0.6 is 0 Å². The standard InChI is InChI=1S/C14H15FN2O2S/c1-10-8-11(5-6-12(10)15)20(18,19)9-13(16)14-4-2-3-7-17-14/h2-8,13H,9,16H2,1H3. The lowest BCUT2D eigenvalue weighted by molar-refractivity contribution is 0.586. The van der Waals surface area contributed by atoms with Gasteiger partial charge in [-0.15, -0.1) is 0 Å². The molecule has 0 amide bonds. The van der Waals surface area contributed by atoms with E-state index in [-0.39, 0.29) is 16.2 Å². The van der Waals surface area contributed by atoms with Crippen molar-refractivity contribution in [1.29, 1.82) is 0 Å². The Labute approximate surface area is 117 Å². The average molecular weight is 294 g/mol. The SMILES string of the molecule is Cc1cc(S(=O)(=O)CC(N)c2ccccn2)ccc1F. The Hall–Kier alpha value is -1.79. The molecule has 4 nitrogen and oxygen atoms in total. The molecule has 1 unspecified atom stereocenters. The molecule has 2 rings (SSSR count). The second-order valence-corrected chi connectivity index (χ2v) is 6.59. The summed E-state index contributed by atoms with van der Waals surface area (Å²) >= 11 is 0. The maximum Gasteiger partial charge on any atom is 0.180 e. The zero-order chi connectivity index (χ0) is 14.8. The zero-order valence-corrected chi connectivity index (χ0v) is 11.8. The van der Waals surface area contributed by atoms with E-state index in [4.69, 9.17) is 5.73 Å². The predicted octanol–water partition coefficient (Wildman–Crippen LogP) is 2.00. The molecular weight excluding hydrogens is 279 g/mol. The fourth-order valence-corrected chi connectivity index (χ4v) is 3.29. The van der Waals surface area contributed by atoms with Crippen molar-refractivity contribution in [3.8, 4) is 0 Å². The average Bonchev–Trinajstić information content (AvgIpc) is 2.42. The molecule has 0 aliphatic rings. The van der Waals surface area contributed by atoms with E-state index >= 15 is 0 Å². The molecule has 2 aromatic rings. The number of aryl methyl sites for hydroxylation is 1. The van der Waals surface area contributed by atoms with Crippen molar-refractivity contribution >= 4 is 9.84 Å². The highest BCUT2D eigenvalue weighted by Crippen LogP contribution is 2.19. The number of hydrogen-bond donors (Lipinski definition) is 1. The minimum Gasteiger partial charge on any atom is -0.322 e. The van der Waals surface area contributed by atoms with Crippen molar-refractivity contribution in [2.45, 2.75) is 17.9 Å². The van der Waals surface area contributed by atoms with E-state index in [1.807, 2.05) is 0 Å². The molecule has 1 atom stereocenters. The molecular formula is C14H15FN2O2S. The first-order valence-corrected chi connectivity index (χ1v) is 7.71. The minimum absolute atomic E-state index is 0.0720. The lowest BCUT2D eigenvalue weighted by Crippen LogP contribution is -2.22. The number of halogens is 1. The van der Waals surface area contributed by atoms with Gasteiger partial charge in [0.2, 0.25) is 0 Å². The Balaban J connectivity index is 2.25. The summed E-state index contributed by atoms with van der Waals surface area (Å²) in [7, 11) is -3.58. The van der Waals surface area contributed by atoms with Crippen LogP contribution in [0.5, 0.6) is 0 Å². The molecule has 0 saturated heterocycles. The van der Waals surface area contributed by atoms with E-state index in [9.17, 15) is 12.8 Å². The van der Waals surface area contributed by atoms with Crippen LogP contribution in [-0.2, 0) is 9.84 Å². The van der Waals surface area contributed by atoms with Crippen molar-refractivity contribution in [1.82, 2.24) is 4.98 Å². The first-order chi connectivity index (χ1) is 9.40. The number of aromatic nitrogens is 1. The van der Waals surface area contributed by atoms with Crippen LogP contribution in [0.25, 0.3) is 0 Å². The molecule has 0 aliphatic carbocycles. The molecule has 20 heavy (non-hydrogen) atoms. The summed E-state index contributed by atoms with van der Waals surface area (Å²) in [6.07, 6.45) is 1.56. The smallest absolute Gasteiger partial charge is 0.180 e. The summed E-state index contributed by atoms with van der Waals surface area (Å²) in [5.74, 6) is -0.701. The number of nitrogens with two attached hydrogens (primary N) is 1. The summed E-state index contributed by atoms with van der Waals surface area (Å²) in [5.41, 5.74) is 6.67. The van der Waals surface area contributed by atoms with Crippen LogP contribution in [0.1, 0.15) is 17.3 Å². The van der Waals surface area contributed by atoms with Crippen LogP contribution in [0, 0.1) is 12.7 Å². The number of sulfone groups is 1. The highest BCUT2D eigenvalue weighted by Gasteiger charge is 2.21. The Morgan fingerprint density at radius 3 is 2.65 bits per heavy atom. The van der Waals surface area contributed by atoms with E-state index in [2.05, 4.69) is 4.98 Å². The zero-order valence-electron chi connectivity index (χ0n) is 11.0. The molecule has 1 aromatic carbocycles. The monoisotopic (exact) mass is 294 g/mol. The lowest BCUT2D eigenvalue weighted by Gasteiger charge is -2.12. The molecule has 0 aliphatic heterocycles. The second-order valence-electron chi connectivity index (χ2n) is 4.55. The third-order valence-electron chi connectivity index (χ3n) is 2.96. The topological polar surface area (TPSA) is 73.0 Å². The van der Waals surface area contributed by atoms with Gasteiger partial charge in [-0.25, -0.2) is 12.8 Å². The van der Waals surface area contributed by atoms with Gasteiger partial charge in [0, 0.05) is 6.20 Å². The normalized spacial score (nSPS) is 13.2. The lowest BCUT2D eigenvalue weighted by atomic mass is 10.2. The molecule has 1 aromatic heterocycles. The van der Waals surface area contributed by atoms with Crippen LogP contribution in [0.2, 0.25) is 0 Å². The van der Waals surface area contributed by atoms with Gasteiger partial charge in [-0.05, 0) is 42.8 Å². The molecule has 6 heteroatoms. The first kappa shape index (κ1) is 14.6. The number of benzene rings is 1. The number of hydrogen-bond acceptors (Lipinski definition) is 4. The van der Waals surface area contributed by atoms with Gasteiger partial charge < -0.3 is 5.73 Å². The van der Waals surface area contributed by atoms with Crippen molar-refractivity contribution < 1.29 is 12.8 Å². The van der Waals surface area contributed by atoms with Crippen LogP contribution in [-0.4, -0.2) is 19.2 Å². The predicted molar refractivity (Wildman–Crippen MR) is 74.4 cm³/mol. The maximum absolute atomic E-state index is 13.2. The first-order valence-electron chi connectivity index (χ1n) is 6.05. The quantitative estimate of drug-likeness (QED) is 0.875. The van der Waals surface area contributed by atoms with Gasteiger partial charge in [-0.2, -0.15) is 0 Å². The largest absolute Gasteiger partial charge is 0.322 e. The Bertz CT molecular complexity index is 702. The second kappa shape index (κ2) is 5.68. The van der Waals surface area contributed by atoms with E-state index in [1.54, 1.807) is 24.4 Å². The van der Waals surface area contributed by atoms with Gasteiger partial charge in [-0.1, -0.05) is 6.07 Å². The summed E-state index contributed by atoms with van der Waals surface area (Å²) in [6.45, 7) is 1.52. The highest BCUT2D eigenvalue weighted by atomic mass is 32.2. The van der Waals surface area contributed by atoms with Gasteiger partial charge in [0.1, 0.15) is 5.82 Å². The Kier molecular flexibility index (Phi) is 4.15. The fraction of sp³-hybridized carbons (Fsp3) is 0.214. The van der Waals surface area contributed by atoms with Crippen molar-refractivity contribution in [2.75, 3.05) is 5.75 Å². The van der Waals surface area contributed by atoms with Gasteiger partial charge in [0.15, 0.2) is 9.84 Å². The molecule has 0 radical (unpaired) electrons. The number of rotatable bonds is 4. The van der Waals surface area contributed by atoms with Crippen molar-refractivity contribution in [2.24, 2.45) is 5.73 Å². The Morgan fingerprint density at radius 1 is 1.30 bits per heavy atom. The maximum atomic E-state index is 13.2.